The van der Waals surface area contributed by atoms with E-state index in [0.29, 0.717) is 0 Å². The summed E-state index contributed by atoms with van der Waals surface area (Å²) in [6, 6.07) is 190. The Balaban J connectivity index is 0.000000108. The van der Waals surface area contributed by atoms with Crippen molar-refractivity contribution in [2.45, 2.75) is 0 Å². The number of hydrogen-bond donors (Lipinski definition) is 0. The van der Waals surface area contributed by atoms with Crippen LogP contribution in [0.15, 0.2) is 534 Å². The Labute approximate surface area is 858 Å². The molecule has 149 heavy (non-hydrogen) atoms. The Morgan fingerprint density at radius 2 is 0.362 bits per heavy atom. The zero-order valence-corrected chi connectivity index (χ0v) is 80.8. The van der Waals surface area contributed by atoms with Crippen molar-refractivity contribution in [3.63, 3.8) is 0 Å². The van der Waals surface area contributed by atoms with E-state index >= 15 is 0 Å². The highest BCUT2D eigenvalue weighted by molar-refractivity contribution is 6.13. The summed E-state index contributed by atoms with van der Waals surface area (Å²) < 4.78 is 6.74. The molecule has 30 rings (SSSR count). The third kappa shape index (κ3) is 16.2. The second-order valence-electron chi connectivity index (χ2n) is 38.3. The van der Waals surface area contributed by atoms with Crippen molar-refractivity contribution in [1.29, 1.82) is 0 Å². The number of fused-ring (bicyclic) bond motifs is 17. The summed E-state index contributed by atoms with van der Waals surface area (Å²) in [6.45, 7) is 0. The van der Waals surface area contributed by atoms with Crippen LogP contribution in [-0.4, -0.2) is 48.6 Å². The average molecular weight is 1900 g/mol. The van der Waals surface area contributed by atoms with E-state index in [1.807, 2.05) is 91.0 Å². The Hall–Kier alpha value is -20.1. The number of benzene rings is 23. The minimum atomic E-state index is 0.788. The van der Waals surface area contributed by atoms with Crippen LogP contribution in [0.3, 0.4) is 0 Å². The topological polar surface area (TPSA) is 105 Å². The molecule has 0 aliphatic carbocycles. The number of rotatable bonds is 13. The van der Waals surface area contributed by atoms with Gasteiger partial charge in [0.2, 0.25) is 0 Å². The summed E-state index contributed by atoms with van der Waals surface area (Å²) in [7, 11) is 0. The summed E-state index contributed by atoms with van der Waals surface area (Å²) in [5.41, 5.74) is 38.8. The van der Waals surface area contributed by atoms with Gasteiger partial charge in [-0.05, 0) is 336 Å². The first-order valence-corrected chi connectivity index (χ1v) is 50.5. The van der Waals surface area contributed by atoms with E-state index in [1.165, 1.54) is 121 Å². The molecule has 0 N–H and O–H groups in total. The van der Waals surface area contributed by atoms with Gasteiger partial charge in [-0.1, -0.05) is 352 Å². The molecular formula is C139H88N10. The lowest BCUT2D eigenvalue weighted by atomic mass is 9.91. The van der Waals surface area contributed by atoms with Crippen LogP contribution in [0.25, 0.3) is 282 Å². The third-order valence-corrected chi connectivity index (χ3v) is 29.2. The van der Waals surface area contributed by atoms with Gasteiger partial charge in [-0.15, -0.1) is 0 Å². The van der Waals surface area contributed by atoms with Gasteiger partial charge >= 0.3 is 0 Å². The lowest BCUT2D eigenvalue weighted by Crippen LogP contribution is -2.00. The minimum Gasteiger partial charge on any atom is -0.292 e. The monoisotopic (exact) mass is 1900 g/mol. The summed E-state index contributed by atoms with van der Waals surface area (Å²) >= 11 is 0. The Bertz CT molecular complexity index is 10400. The Kier molecular flexibility index (Phi) is 21.4. The van der Waals surface area contributed by atoms with Crippen molar-refractivity contribution in [2.24, 2.45) is 0 Å². The largest absolute Gasteiger partial charge is 0.292 e. The molecule has 23 aromatic carbocycles. The number of hydrogen-bond acceptors (Lipinski definition) is 7. The van der Waals surface area contributed by atoms with Gasteiger partial charge in [0.05, 0.1) is 55.3 Å². The van der Waals surface area contributed by atoms with Crippen molar-refractivity contribution in [3.05, 3.63) is 534 Å². The lowest BCUT2D eigenvalue weighted by molar-refractivity contribution is 1.06. The van der Waals surface area contributed by atoms with Crippen molar-refractivity contribution < 1.29 is 0 Å². The molecule has 0 amide bonds. The zero-order valence-electron chi connectivity index (χ0n) is 80.8. The van der Waals surface area contributed by atoms with Crippen LogP contribution in [0.1, 0.15) is 0 Å². The minimum absolute atomic E-state index is 0.788. The fourth-order valence-corrected chi connectivity index (χ4v) is 21.7. The quantitative estimate of drug-likeness (QED) is 0.113. The van der Waals surface area contributed by atoms with E-state index in [4.69, 9.17) is 34.9 Å². The van der Waals surface area contributed by atoms with Crippen molar-refractivity contribution in [1.82, 2.24) is 48.6 Å². The van der Waals surface area contributed by atoms with Crippen molar-refractivity contribution in [3.8, 4) is 129 Å². The number of nitrogens with zero attached hydrogens (tertiary/aromatic N) is 10. The summed E-state index contributed by atoms with van der Waals surface area (Å²) in [5, 5.41) is 15.4. The van der Waals surface area contributed by atoms with E-state index in [0.717, 1.165) is 161 Å². The molecule has 7 aromatic heterocycles. The molecule has 10 heteroatoms. The zero-order chi connectivity index (χ0) is 98.4. The van der Waals surface area contributed by atoms with Gasteiger partial charge in [0, 0.05) is 33.1 Å². The first-order valence-electron chi connectivity index (χ1n) is 50.5. The first kappa shape index (κ1) is 86.8. The van der Waals surface area contributed by atoms with Gasteiger partial charge in [0.15, 0.2) is 16.9 Å². The SMILES string of the molecule is c1ccc(-c2cc(-c3ccc4ccccc4c3)cc(-c3ccc4c5nc6ccccc6nc5n(-c5ccc6ccccc6c5)c4c3)c2)cc1.c1ccc(-c2cc(-c3ccccc3)cc(-c3ccc4c5nc6ccccc6nc5n(-c5cccc(-c6ccccc6)n5)c4c3)c2)cc1.c1ccc2cc(-c3cc(-c4ccc5ccccc5c4)cc(-c4ccc5c6nc7ccccc7nc6n(-c6ccc7ccccc7c6)c5c4)c3)ccc2c1. The van der Waals surface area contributed by atoms with Gasteiger partial charge in [-0.2, -0.15) is 0 Å². The molecule has 0 aliphatic rings. The number of pyridine rings is 1. The molecule has 0 fully saturated rings. The van der Waals surface area contributed by atoms with Crippen LogP contribution in [0.4, 0.5) is 0 Å². The molecule has 7 heterocycles. The van der Waals surface area contributed by atoms with Crippen LogP contribution in [0.2, 0.25) is 0 Å². The Morgan fingerprint density at radius 1 is 0.128 bits per heavy atom. The smallest absolute Gasteiger partial charge is 0.166 e. The average Bonchev–Trinajstić information content (AvgIpc) is 1.58. The molecule has 30 aromatic rings. The molecular weight excluding hydrogens is 1810 g/mol. The van der Waals surface area contributed by atoms with E-state index in [1.54, 1.807) is 0 Å². The highest BCUT2D eigenvalue weighted by Crippen LogP contribution is 2.45. The predicted octanol–water partition coefficient (Wildman–Crippen LogP) is 36.0. The van der Waals surface area contributed by atoms with Gasteiger partial charge < -0.3 is 0 Å². The molecule has 0 aliphatic heterocycles. The molecule has 0 saturated heterocycles. The number of aromatic nitrogens is 10. The van der Waals surface area contributed by atoms with Crippen LogP contribution >= 0.6 is 0 Å². The molecule has 10 nitrogen and oxygen atoms in total. The van der Waals surface area contributed by atoms with Crippen molar-refractivity contribution in [2.75, 3.05) is 0 Å². The first-order chi connectivity index (χ1) is 73.7. The molecule has 0 spiro atoms. The lowest BCUT2D eigenvalue weighted by Gasteiger charge is -2.13. The third-order valence-electron chi connectivity index (χ3n) is 29.2. The van der Waals surface area contributed by atoms with Crippen LogP contribution in [0, 0.1) is 0 Å². The maximum Gasteiger partial charge on any atom is 0.166 e. The Morgan fingerprint density at radius 3 is 0.678 bits per heavy atom. The molecule has 0 radical (unpaired) electrons. The molecule has 694 valence electrons. The molecule has 0 unspecified atom stereocenters. The van der Waals surface area contributed by atoms with E-state index in [2.05, 4.69) is 457 Å². The summed E-state index contributed by atoms with van der Waals surface area (Å²) in [5.74, 6) is 0.802. The summed E-state index contributed by atoms with van der Waals surface area (Å²) in [4.78, 5) is 36.3. The van der Waals surface area contributed by atoms with E-state index in [9.17, 15) is 0 Å². The highest BCUT2D eigenvalue weighted by atomic mass is 15.1. The summed E-state index contributed by atoms with van der Waals surface area (Å²) in [6.07, 6.45) is 0. The van der Waals surface area contributed by atoms with Crippen LogP contribution < -0.4 is 0 Å². The number of para-hydroxylation sites is 6. The molecule has 0 saturated carbocycles. The normalized spacial score (nSPS) is 11.6. The predicted molar refractivity (Wildman–Crippen MR) is 621 cm³/mol. The van der Waals surface area contributed by atoms with E-state index < -0.39 is 0 Å². The van der Waals surface area contributed by atoms with E-state index in [-0.39, 0.29) is 0 Å². The van der Waals surface area contributed by atoms with Gasteiger partial charge in [0.25, 0.3) is 0 Å². The maximum absolute atomic E-state index is 5.23. The van der Waals surface area contributed by atoms with Crippen molar-refractivity contribution >= 4 is 153 Å². The standard InChI is InChI=1S/C50H31N3.C46H29N3.C43H28N4/c1-4-12-35-25-38(19-17-32(35)9-1)41-27-42(39-20-18-33-10-2-5-13-36(33)26-39)29-43(28-41)40-22-24-45-48(31-40)53(44-23-21-34-11-3-6-14-37(34)30-44)50-49(45)51-46-15-7-8-16-47(46)52-50;1-2-10-30(11-3-1)37-25-38(35-19-18-31-12-4-6-14-33(31)24-35)27-39(26-37)36-21-23-41-44(29-36)49(40-22-20-32-13-5-7-15-34(32)28-40)46-45(41)47-42-16-8-9-17-43(42)48-46;1-4-13-29(14-5-1)33-25-34(30-15-6-2-7-16-30)27-35(26-33)32-23-24-36-40(28-32)47(43-42(36)45-38-19-10-11-20-39(38)46-43)41-22-12-21-37(44-41)31-17-8-3-9-18-31/h1-31H;1-29H;1-28H. The van der Waals surface area contributed by atoms with Crippen LogP contribution in [-0.2, 0) is 0 Å². The van der Waals surface area contributed by atoms with Gasteiger partial charge in [-0.3, -0.25) is 13.7 Å². The second kappa shape index (κ2) is 36.7. The van der Waals surface area contributed by atoms with Crippen LogP contribution in [0.5, 0.6) is 0 Å². The molecule has 0 bridgehead atoms. The fourth-order valence-electron chi connectivity index (χ4n) is 21.7. The second-order valence-corrected chi connectivity index (χ2v) is 38.3. The molecule has 0 atom stereocenters. The maximum atomic E-state index is 5.23. The highest BCUT2D eigenvalue weighted by Gasteiger charge is 2.25. The van der Waals surface area contributed by atoms with Gasteiger partial charge in [-0.25, -0.2) is 34.9 Å². The fraction of sp³-hybridized carbons (Fsp3) is 0. The van der Waals surface area contributed by atoms with Gasteiger partial charge in [0.1, 0.15) is 22.4 Å².